The molecule has 5 aromatic rings. The third-order valence-electron chi connectivity index (χ3n) is 6.43. The number of fused-ring (bicyclic) bond motifs is 2. The van der Waals surface area contributed by atoms with Gasteiger partial charge in [0.05, 0.1) is 45.7 Å². The quantitative estimate of drug-likeness (QED) is 0.226. The monoisotopic (exact) mass is 622 g/mol. The van der Waals surface area contributed by atoms with Gasteiger partial charge in [0.15, 0.2) is 5.82 Å². The van der Waals surface area contributed by atoms with E-state index in [9.17, 15) is 26.6 Å². The van der Waals surface area contributed by atoms with Crippen LogP contribution in [0.25, 0.3) is 27.5 Å². The van der Waals surface area contributed by atoms with Crippen molar-refractivity contribution in [1.82, 2.24) is 19.3 Å². The normalized spacial score (nSPS) is 13.2. The first kappa shape index (κ1) is 29.5. The number of nitrogens with one attached hydrogen (secondary N) is 1. The predicted octanol–water partition coefficient (Wildman–Crippen LogP) is 4.89. The SMILES string of the molecule is COc1ccc2c(=O)n(-c3ccc(Cl)c4c(NS(C)=O)nn(CC(F)F)c34)c(C(N)Cc3cc(F)cc(F)c3)nc2c1. The van der Waals surface area contributed by atoms with E-state index in [1.807, 2.05) is 0 Å². The number of hydrogen-bond acceptors (Lipinski definition) is 6. The van der Waals surface area contributed by atoms with Crippen molar-refractivity contribution in [3.05, 3.63) is 86.9 Å². The molecule has 15 heteroatoms. The summed E-state index contributed by atoms with van der Waals surface area (Å²) < 4.78 is 77.2. The molecule has 2 unspecified atom stereocenters. The number of methoxy groups -OCH3 is 1. The second-order valence-corrected chi connectivity index (χ2v) is 10.9. The Morgan fingerprint density at radius 1 is 1.12 bits per heavy atom. The molecule has 3 aromatic carbocycles. The summed E-state index contributed by atoms with van der Waals surface area (Å²) in [6.07, 6.45) is -1.65. The summed E-state index contributed by atoms with van der Waals surface area (Å²) in [5.74, 6) is -1.28. The van der Waals surface area contributed by atoms with Crippen LogP contribution in [0.3, 0.4) is 0 Å². The maximum absolute atomic E-state index is 14.1. The topological polar surface area (TPSA) is 117 Å². The van der Waals surface area contributed by atoms with Gasteiger partial charge in [-0.1, -0.05) is 11.6 Å². The summed E-state index contributed by atoms with van der Waals surface area (Å²) in [7, 11) is -0.200. The molecule has 0 aliphatic carbocycles. The Morgan fingerprint density at radius 2 is 1.83 bits per heavy atom. The minimum atomic E-state index is -2.84. The molecule has 3 N–H and O–H groups in total. The molecule has 0 saturated heterocycles. The molecule has 0 spiro atoms. The average molecular weight is 623 g/mol. The average Bonchev–Trinajstić information content (AvgIpc) is 3.25. The van der Waals surface area contributed by atoms with Crippen LogP contribution in [-0.2, 0) is 24.0 Å². The van der Waals surface area contributed by atoms with Crippen LogP contribution in [0, 0.1) is 11.6 Å². The smallest absolute Gasteiger partial charge is 0.266 e. The first-order valence-corrected chi connectivity index (χ1v) is 14.3. The van der Waals surface area contributed by atoms with Crippen LogP contribution in [0.1, 0.15) is 17.4 Å². The van der Waals surface area contributed by atoms with Gasteiger partial charge in [0.25, 0.3) is 12.0 Å². The maximum atomic E-state index is 14.1. The minimum Gasteiger partial charge on any atom is -0.497 e. The Labute approximate surface area is 243 Å². The van der Waals surface area contributed by atoms with Crippen molar-refractivity contribution in [3.8, 4) is 11.4 Å². The molecular formula is C27H23ClF4N6O3S. The molecule has 0 amide bonds. The van der Waals surface area contributed by atoms with Gasteiger partial charge in [-0.15, -0.1) is 0 Å². The lowest BCUT2D eigenvalue weighted by Gasteiger charge is -2.20. The number of hydrogen-bond donors (Lipinski definition) is 2. The molecule has 220 valence electrons. The number of alkyl halides is 2. The fourth-order valence-electron chi connectivity index (χ4n) is 4.78. The molecule has 2 aromatic heterocycles. The maximum Gasteiger partial charge on any atom is 0.266 e. The second kappa shape index (κ2) is 11.7. The molecule has 0 bridgehead atoms. The standard InChI is InChI=1S/C27H23ClF4N6O3S/c1-41-16-3-4-17-20(11-16)34-26(19(33)9-13-7-14(29)10-15(30)8-13)38(27(17)39)21-6-5-18(28)23-24(21)37(12-22(31)32)35-25(23)36-42(2)40/h3-8,10-11,19,22H,9,12,33H2,1-2H3,(H,35,36). The van der Waals surface area contributed by atoms with Crippen molar-refractivity contribution in [2.24, 2.45) is 5.73 Å². The number of anilines is 1. The molecule has 0 fully saturated rings. The summed E-state index contributed by atoms with van der Waals surface area (Å²) in [5, 5.41) is 4.56. The highest BCUT2D eigenvalue weighted by atomic mass is 35.5. The van der Waals surface area contributed by atoms with E-state index in [0.717, 1.165) is 27.4 Å². The van der Waals surface area contributed by atoms with E-state index in [2.05, 4.69) is 14.8 Å². The first-order chi connectivity index (χ1) is 20.0. The summed E-state index contributed by atoms with van der Waals surface area (Å²) in [4.78, 5) is 18.7. The van der Waals surface area contributed by atoms with Gasteiger partial charge in [0.1, 0.15) is 40.7 Å². The summed E-state index contributed by atoms with van der Waals surface area (Å²) in [5.41, 5.74) is 6.44. The van der Waals surface area contributed by atoms with Crippen molar-refractivity contribution in [1.29, 1.82) is 0 Å². The van der Waals surface area contributed by atoms with Gasteiger partial charge in [-0.05, 0) is 48.4 Å². The first-order valence-electron chi connectivity index (χ1n) is 12.4. The Balaban J connectivity index is 1.83. The van der Waals surface area contributed by atoms with Crippen LogP contribution in [-0.4, -0.2) is 43.3 Å². The summed E-state index contributed by atoms with van der Waals surface area (Å²) in [6, 6.07) is 9.26. The number of aromatic nitrogens is 4. The lowest BCUT2D eigenvalue weighted by molar-refractivity contribution is 0.123. The second-order valence-electron chi connectivity index (χ2n) is 9.35. The van der Waals surface area contributed by atoms with Crippen molar-refractivity contribution >= 4 is 50.2 Å². The molecule has 2 heterocycles. The summed E-state index contributed by atoms with van der Waals surface area (Å²) >= 11 is 6.47. The van der Waals surface area contributed by atoms with Crippen LogP contribution < -0.4 is 20.8 Å². The number of halogens is 5. The van der Waals surface area contributed by atoms with Gasteiger partial charge in [0, 0.05) is 18.4 Å². The van der Waals surface area contributed by atoms with Crippen LogP contribution >= 0.6 is 11.6 Å². The number of ether oxygens (including phenoxy) is 1. The predicted molar refractivity (Wildman–Crippen MR) is 153 cm³/mol. The molecule has 0 aliphatic heterocycles. The molecule has 0 saturated carbocycles. The number of rotatable bonds is 9. The zero-order chi connectivity index (χ0) is 30.3. The zero-order valence-corrected chi connectivity index (χ0v) is 23.6. The van der Waals surface area contributed by atoms with Crippen LogP contribution in [0.5, 0.6) is 5.75 Å². The third-order valence-corrected chi connectivity index (χ3v) is 7.22. The van der Waals surface area contributed by atoms with E-state index in [1.54, 1.807) is 6.07 Å². The Bertz CT molecular complexity index is 1900. The van der Waals surface area contributed by atoms with Gasteiger partial charge in [-0.2, -0.15) is 5.10 Å². The Hall–Kier alpha value is -4.01. The van der Waals surface area contributed by atoms with E-state index < -0.39 is 47.2 Å². The van der Waals surface area contributed by atoms with Gasteiger partial charge < -0.3 is 10.5 Å². The fraction of sp³-hybridized carbons (Fsp3) is 0.222. The summed E-state index contributed by atoms with van der Waals surface area (Å²) in [6.45, 7) is -0.876. The van der Waals surface area contributed by atoms with Crippen molar-refractivity contribution in [2.75, 3.05) is 18.1 Å². The molecule has 9 nitrogen and oxygen atoms in total. The Kier molecular flexibility index (Phi) is 8.21. The molecule has 2 atom stereocenters. The van der Waals surface area contributed by atoms with Crippen LogP contribution in [0.2, 0.25) is 5.02 Å². The third kappa shape index (κ3) is 5.69. The molecule has 0 aliphatic rings. The van der Waals surface area contributed by atoms with Gasteiger partial charge in [-0.25, -0.2) is 26.8 Å². The molecular weight excluding hydrogens is 600 g/mol. The highest BCUT2D eigenvalue weighted by molar-refractivity contribution is 7.85. The Morgan fingerprint density at radius 3 is 2.48 bits per heavy atom. The van der Waals surface area contributed by atoms with E-state index in [1.165, 1.54) is 37.6 Å². The van der Waals surface area contributed by atoms with E-state index in [4.69, 9.17) is 22.1 Å². The van der Waals surface area contributed by atoms with Crippen molar-refractivity contribution in [3.63, 3.8) is 0 Å². The number of nitrogens with two attached hydrogens (primary N) is 1. The number of benzene rings is 3. The molecule has 5 rings (SSSR count). The van der Waals surface area contributed by atoms with E-state index in [-0.39, 0.29) is 56.1 Å². The number of nitrogens with zero attached hydrogens (tertiary/aromatic N) is 4. The van der Waals surface area contributed by atoms with E-state index in [0.29, 0.717) is 5.75 Å². The zero-order valence-electron chi connectivity index (χ0n) is 22.1. The lowest BCUT2D eigenvalue weighted by Crippen LogP contribution is -2.30. The largest absolute Gasteiger partial charge is 0.497 e. The molecule has 42 heavy (non-hydrogen) atoms. The van der Waals surface area contributed by atoms with Gasteiger partial charge in [-0.3, -0.25) is 18.8 Å². The lowest BCUT2D eigenvalue weighted by atomic mass is 10.0. The van der Waals surface area contributed by atoms with Gasteiger partial charge >= 0.3 is 0 Å². The van der Waals surface area contributed by atoms with Crippen LogP contribution in [0.15, 0.2) is 53.3 Å². The van der Waals surface area contributed by atoms with E-state index >= 15 is 0 Å². The minimum absolute atomic E-state index is 0.0257. The van der Waals surface area contributed by atoms with Crippen molar-refractivity contribution in [2.45, 2.75) is 25.4 Å². The highest BCUT2D eigenvalue weighted by Crippen LogP contribution is 2.36. The van der Waals surface area contributed by atoms with Gasteiger partial charge in [0.2, 0.25) is 0 Å². The fourth-order valence-corrected chi connectivity index (χ4v) is 5.44. The highest BCUT2D eigenvalue weighted by Gasteiger charge is 2.26. The van der Waals surface area contributed by atoms with Crippen LogP contribution in [0.4, 0.5) is 23.4 Å². The molecule has 0 radical (unpaired) electrons. The van der Waals surface area contributed by atoms with Crippen molar-refractivity contribution < 1.29 is 26.5 Å².